The molecule has 0 radical (unpaired) electrons. The summed E-state index contributed by atoms with van der Waals surface area (Å²) in [6, 6.07) is 4.02. The molecule has 2 aromatic heterocycles. The number of imidazole rings is 1. The third kappa shape index (κ3) is 3.58. The summed E-state index contributed by atoms with van der Waals surface area (Å²) in [6.07, 6.45) is 3.52. The molecule has 156 valence electrons. The minimum atomic E-state index is -0.550. The third-order valence-electron chi connectivity index (χ3n) is 5.96. The maximum absolute atomic E-state index is 13.0. The first kappa shape index (κ1) is 19.7. The quantitative estimate of drug-likeness (QED) is 0.862. The first-order valence-corrected chi connectivity index (χ1v) is 10.2. The minimum Gasteiger partial charge on any atom is -0.444 e. The molecule has 1 aliphatic carbocycles. The Bertz CT molecular complexity index is 960. The number of nitrogens with zero attached hydrogens (tertiary/aromatic N) is 3. The highest BCUT2D eigenvalue weighted by molar-refractivity contribution is 5.84. The molecule has 29 heavy (non-hydrogen) atoms. The van der Waals surface area contributed by atoms with Crippen molar-refractivity contribution >= 4 is 17.6 Å². The number of fused-ring (bicyclic) bond motifs is 2. The van der Waals surface area contributed by atoms with Crippen LogP contribution in [0.4, 0.5) is 4.79 Å². The van der Waals surface area contributed by atoms with Gasteiger partial charge in [0, 0.05) is 25.2 Å². The van der Waals surface area contributed by atoms with Gasteiger partial charge in [0.2, 0.25) is 5.91 Å². The molecule has 2 aromatic rings. The van der Waals surface area contributed by atoms with Crippen molar-refractivity contribution in [2.24, 2.45) is 17.8 Å². The maximum atomic E-state index is 13.0. The molecule has 7 heteroatoms. The zero-order chi connectivity index (χ0) is 21.1. The lowest BCUT2D eigenvalue weighted by molar-refractivity contribution is -0.125. The van der Waals surface area contributed by atoms with Crippen molar-refractivity contribution in [3.63, 3.8) is 0 Å². The molecule has 0 aromatic carbocycles. The van der Waals surface area contributed by atoms with Crippen molar-refractivity contribution in [3.05, 3.63) is 35.8 Å². The van der Waals surface area contributed by atoms with Gasteiger partial charge in [0.1, 0.15) is 11.2 Å². The molecule has 3 heterocycles. The monoisotopic (exact) mass is 398 g/mol. The molecule has 7 nitrogen and oxygen atoms in total. The molecule has 2 amide bonds. The zero-order valence-corrected chi connectivity index (χ0v) is 18.0. The molecular weight excluding hydrogens is 368 g/mol. The first-order chi connectivity index (χ1) is 13.5. The molecule has 2 unspecified atom stereocenters. The first-order valence-electron chi connectivity index (χ1n) is 10.2. The van der Waals surface area contributed by atoms with Crippen LogP contribution in [0, 0.1) is 24.7 Å². The smallest absolute Gasteiger partial charge is 0.410 e. The Morgan fingerprint density at radius 2 is 1.83 bits per heavy atom. The van der Waals surface area contributed by atoms with E-state index in [1.54, 1.807) is 4.90 Å². The molecule has 1 N–H and O–H groups in total. The van der Waals surface area contributed by atoms with E-state index in [4.69, 9.17) is 4.74 Å². The van der Waals surface area contributed by atoms with E-state index in [-0.39, 0.29) is 29.8 Å². The lowest BCUT2D eigenvalue weighted by atomic mass is 10.0. The normalized spacial score (nSPS) is 23.8. The summed E-state index contributed by atoms with van der Waals surface area (Å²) in [6.45, 7) is 12.8. The Kier molecular flexibility index (Phi) is 4.40. The Morgan fingerprint density at radius 3 is 2.45 bits per heavy atom. The number of hydrogen-bond acceptors (Lipinski definition) is 4. The number of carbonyl (C=O) groups excluding carboxylic acids is 2. The van der Waals surface area contributed by atoms with Crippen LogP contribution >= 0.6 is 0 Å². The fourth-order valence-electron chi connectivity index (χ4n) is 4.46. The van der Waals surface area contributed by atoms with E-state index in [1.807, 2.05) is 70.5 Å². The predicted molar refractivity (Wildman–Crippen MR) is 109 cm³/mol. The number of piperidine rings is 1. The van der Waals surface area contributed by atoms with Gasteiger partial charge in [-0.05, 0) is 65.0 Å². The number of aryl methyl sites for hydroxylation is 1. The fraction of sp³-hybridized carbons (Fsp3) is 0.591. The summed E-state index contributed by atoms with van der Waals surface area (Å²) in [5, 5.41) is 3.21. The highest BCUT2D eigenvalue weighted by Crippen LogP contribution is 2.52. The number of carbonyl (C=O) groups is 2. The van der Waals surface area contributed by atoms with Gasteiger partial charge in [-0.25, -0.2) is 9.78 Å². The molecule has 1 saturated carbocycles. The Hall–Kier alpha value is -2.57. The van der Waals surface area contributed by atoms with Crippen LogP contribution in [-0.4, -0.2) is 45.0 Å². The van der Waals surface area contributed by atoms with Gasteiger partial charge in [-0.2, -0.15) is 0 Å². The van der Waals surface area contributed by atoms with Crippen molar-refractivity contribution < 1.29 is 14.3 Å². The van der Waals surface area contributed by atoms with Gasteiger partial charge < -0.3 is 19.4 Å². The second-order valence-corrected chi connectivity index (χ2v) is 9.88. The van der Waals surface area contributed by atoms with E-state index in [9.17, 15) is 9.59 Å². The summed E-state index contributed by atoms with van der Waals surface area (Å²) < 4.78 is 7.48. The summed E-state index contributed by atoms with van der Waals surface area (Å²) in [7, 11) is 0. The van der Waals surface area contributed by atoms with Gasteiger partial charge in [-0.1, -0.05) is 6.07 Å². The van der Waals surface area contributed by atoms with Crippen LogP contribution in [-0.2, 0) is 15.1 Å². The van der Waals surface area contributed by atoms with Crippen molar-refractivity contribution in [1.29, 1.82) is 0 Å². The van der Waals surface area contributed by atoms with Crippen LogP contribution < -0.4 is 5.32 Å². The van der Waals surface area contributed by atoms with Crippen molar-refractivity contribution in [2.45, 2.75) is 52.7 Å². The minimum absolute atomic E-state index is 0.0334. The maximum Gasteiger partial charge on any atom is 0.410 e. The molecule has 4 rings (SSSR count). The fourth-order valence-corrected chi connectivity index (χ4v) is 4.46. The van der Waals surface area contributed by atoms with E-state index < -0.39 is 11.1 Å². The van der Waals surface area contributed by atoms with Crippen molar-refractivity contribution in [1.82, 2.24) is 19.6 Å². The number of hydrogen-bond donors (Lipinski definition) is 1. The zero-order valence-electron chi connectivity index (χ0n) is 18.0. The number of amides is 2. The molecule has 1 saturated heterocycles. The molecule has 2 atom stereocenters. The Balaban J connectivity index is 1.40. The van der Waals surface area contributed by atoms with Crippen molar-refractivity contribution in [2.75, 3.05) is 13.1 Å². The number of ether oxygens (including phenoxy) is 1. The number of nitrogens with one attached hydrogen (secondary N) is 1. The summed E-state index contributed by atoms with van der Waals surface area (Å²) in [5.74, 6) is 0.468. The average Bonchev–Trinajstić information content (AvgIpc) is 2.96. The van der Waals surface area contributed by atoms with Gasteiger partial charge in [0.05, 0.1) is 17.4 Å². The van der Waals surface area contributed by atoms with E-state index in [0.29, 0.717) is 13.1 Å². The third-order valence-corrected chi connectivity index (χ3v) is 5.96. The van der Waals surface area contributed by atoms with Crippen LogP contribution in [0.3, 0.4) is 0 Å². The van der Waals surface area contributed by atoms with Gasteiger partial charge in [0.25, 0.3) is 0 Å². The van der Waals surface area contributed by atoms with Gasteiger partial charge in [0.15, 0.2) is 0 Å². The van der Waals surface area contributed by atoms with Gasteiger partial charge >= 0.3 is 6.09 Å². The van der Waals surface area contributed by atoms with Gasteiger partial charge in [-0.15, -0.1) is 0 Å². The largest absolute Gasteiger partial charge is 0.444 e. The highest BCUT2D eigenvalue weighted by Gasteiger charge is 2.61. The molecule has 0 bridgehead atoms. The average molecular weight is 399 g/mol. The molecule has 2 aliphatic rings. The summed E-state index contributed by atoms with van der Waals surface area (Å²) in [5.41, 5.74) is 1.90. The van der Waals surface area contributed by atoms with E-state index in [0.717, 1.165) is 16.9 Å². The number of pyridine rings is 1. The van der Waals surface area contributed by atoms with Crippen LogP contribution in [0.2, 0.25) is 0 Å². The molecular formula is C22H30N4O3. The lowest BCUT2D eigenvalue weighted by Gasteiger charge is -2.28. The molecule has 1 aliphatic heterocycles. The second kappa shape index (κ2) is 6.47. The van der Waals surface area contributed by atoms with Gasteiger partial charge in [-0.3, -0.25) is 4.79 Å². The van der Waals surface area contributed by atoms with Crippen LogP contribution in [0.15, 0.2) is 24.5 Å². The topological polar surface area (TPSA) is 75.9 Å². The summed E-state index contributed by atoms with van der Waals surface area (Å²) in [4.78, 5) is 31.4. The van der Waals surface area contributed by atoms with Crippen LogP contribution in [0.5, 0.6) is 0 Å². The van der Waals surface area contributed by atoms with Crippen molar-refractivity contribution in [3.8, 4) is 0 Å². The van der Waals surface area contributed by atoms with E-state index in [1.165, 1.54) is 0 Å². The highest BCUT2D eigenvalue weighted by atomic mass is 16.6. The second-order valence-electron chi connectivity index (χ2n) is 9.88. The predicted octanol–water partition coefficient (Wildman–Crippen LogP) is 3.11. The number of aromatic nitrogens is 2. The number of likely N-dealkylation sites (tertiary alicyclic amines) is 1. The van der Waals surface area contributed by atoms with E-state index in [2.05, 4.69) is 10.3 Å². The van der Waals surface area contributed by atoms with E-state index >= 15 is 0 Å². The number of rotatable bonds is 3. The SMILES string of the molecule is Cc1cccn2c(C(C)(C)NC(=O)C3C4CN(C(=O)OC(C)(C)C)CC43)cnc12. The van der Waals surface area contributed by atoms with Crippen LogP contribution in [0.25, 0.3) is 5.65 Å². The summed E-state index contributed by atoms with van der Waals surface area (Å²) >= 11 is 0. The molecule has 0 spiro atoms. The molecule has 2 fully saturated rings. The Morgan fingerprint density at radius 1 is 1.17 bits per heavy atom. The Labute approximate surface area is 171 Å². The van der Waals surface area contributed by atoms with Crippen LogP contribution in [0.1, 0.15) is 45.9 Å². The standard InChI is InChI=1S/C22H30N4O3/c1-13-8-7-9-26-16(10-23-18(13)26)22(5,6)24-19(27)17-14-11-25(12-15(14)17)20(28)29-21(2,3)4/h7-10,14-15,17H,11-12H2,1-6H3,(H,24,27). The lowest BCUT2D eigenvalue weighted by Crippen LogP contribution is -2.44.